The van der Waals surface area contributed by atoms with Crippen molar-refractivity contribution in [3.8, 4) is 5.75 Å². The van der Waals surface area contributed by atoms with Gasteiger partial charge in [0.2, 0.25) is 0 Å². The van der Waals surface area contributed by atoms with E-state index in [1.165, 1.54) is 24.8 Å². The molecule has 1 fully saturated rings. The molecule has 0 spiro atoms. The Kier molecular flexibility index (Phi) is 14.1. The minimum absolute atomic E-state index is 0. The third kappa shape index (κ3) is 8.58. The minimum Gasteiger partial charge on any atom is -0.497 e. The first-order chi connectivity index (χ1) is 16.1. The summed E-state index contributed by atoms with van der Waals surface area (Å²) in [6.07, 6.45) is 6.66. The molecule has 2 heterocycles. The van der Waals surface area contributed by atoms with Crippen LogP contribution in [0.1, 0.15) is 45.1 Å². The van der Waals surface area contributed by atoms with Crippen LogP contribution in [0.2, 0.25) is 0 Å². The zero-order chi connectivity index (χ0) is 23.6. The second-order valence-electron chi connectivity index (χ2n) is 8.82. The molecule has 1 aromatic heterocycles. The molecule has 1 aliphatic heterocycles. The van der Waals surface area contributed by atoms with E-state index in [2.05, 4.69) is 28.2 Å². The Morgan fingerprint density at radius 3 is 2.40 bits per heavy atom. The second kappa shape index (κ2) is 15.9. The van der Waals surface area contributed by atoms with E-state index in [9.17, 15) is 4.79 Å². The monoisotopic (exact) mass is 527 g/mol. The highest BCUT2D eigenvalue weighted by Crippen LogP contribution is 2.29. The number of hydrogen-bond donors (Lipinski definition) is 1. The van der Waals surface area contributed by atoms with E-state index >= 15 is 0 Å². The summed E-state index contributed by atoms with van der Waals surface area (Å²) >= 11 is 0. The number of hydrogen-bond acceptors (Lipinski definition) is 5. The van der Waals surface area contributed by atoms with Gasteiger partial charge < -0.3 is 19.9 Å². The topological polar surface area (TPSA) is 60.9 Å². The lowest BCUT2D eigenvalue weighted by Crippen LogP contribution is -2.52. The molecule has 1 saturated heterocycles. The number of amides is 2. The van der Waals surface area contributed by atoms with Crippen molar-refractivity contribution in [3.63, 3.8) is 0 Å². The molecule has 0 radical (unpaired) electrons. The summed E-state index contributed by atoms with van der Waals surface area (Å²) in [5, 5.41) is 4.71. The summed E-state index contributed by atoms with van der Waals surface area (Å²) in [7, 11) is 1.71. The first kappa shape index (κ1) is 31.1. The highest BCUT2D eigenvalue weighted by Gasteiger charge is 2.23. The van der Waals surface area contributed by atoms with E-state index in [1.807, 2.05) is 42.0 Å². The van der Waals surface area contributed by atoms with Crippen molar-refractivity contribution >= 4 is 47.4 Å². The fourth-order valence-corrected chi connectivity index (χ4v) is 4.51. The molecule has 1 aromatic carbocycles. The Balaban J connectivity index is 0.00000306. The van der Waals surface area contributed by atoms with Gasteiger partial charge in [0.1, 0.15) is 5.75 Å². The number of nitrogens with zero attached hydrogens (tertiary/aromatic N) is 4. The van der Waals surface area contributed by atoms with Gasteiger partial charge >= 0.3 is 6.03 Å². The molecule has 2 aromatic rings. The number of carbonyl (C=O) groups is 1. The smallest absolute Gasteiger partial charge is 0.320 e. The molecule has 1 aliphatic rings. The molecule has 35 heavy (non-hydrogen) atoms. The van der Waals surface area contributed by atoms with Gasteiger partial charge in [0.15, 0.2) is 0 Å². The summed E-state index contributed by atoms with van der Waals surface area (Å²) in [4.78, 5) is 23.5. The molecule has 0 saturated carbocycles. The third-order valence-electron chi connectivity index (χ3n) is 6.67. The molecule has 7 nitrogen and oxygen atoms in total. The Hall–Kier alpha value is -1.96. The predicted octanol–water partition coefficient (Wildman–Crippen LogP) is 5.45. The number of urea groups is 1. The first-order valence-corrected chi connectivity index (χ1v) is 12.5. The van der Waals surface area contributed by atoms with E-state index in [1.54, 1.807) is 7.11 Å². The lowest BCUT2D eigenvalue weighted by atomic mass is 10.1. The number of pyridine rings is 1. The number of fused-ring (bicyclic) bond motifs is 1. The van der Waals surface area contributed by atoms with Crippen molar-refractivity contribution in [3.05, 3.63) is 30.0 Å². The van der Waals surface area contributed by atoms with Gasteiger partial charge in [-0.25, -0.2) is 4.79 Å². The molecular formula is C26H43Cl2N5O2. The number of ether oxygens (including phenoxy) is 1. The van der Waals surface area contributed by atoms with Crippen molar-refractivity contribution in [2.45, 2.75) is 46.5 Å². The van der Waals surface area contributed by atoms with Crippen LogP contribution in [0.3, 0.4) is 0 Å². The minimum atomic E-state index is 0. The maximum Gasteiger partial charge on any atom is 0.320 e. The summed E-state index contributed by atoms with van der Waals surface area (Å²) < 4.78 is 5.48. The molecular weight excluding hydrogens is 485 g/mol. The number of rotatable bonds is 11. The van der Waals surface area contributed by atoms with E-state index in [0.717, 1.165) is 81.1 Å². The average molecular weight is 529 g/mol. The van der Waals surface area contributed by atoms with Crippen LogP contribution in [0.15, 0.2) is 24.4 Å². The fraction of sp³-hybridized carbons (Fsp3) is 0.615. The number of aromatic nitrogens is 1. The second-order valence-corrected chi connectivity index (χ2v) is 8.82. The molecule has 198 valence electrons. The quantitative estimate of drug-likeness (QED) is 0.393. The van der Waals surface area contributed by atoms with Crippen LogP contribution >= 0.6 is 24.8 Å². The maximum atomic E-state index is 12.5. The van der Waals surface area contributed by atoms with E-state index in [4.69, 9.17) is 4.74 Å². The van der Waals surface area contributed by atoms with Gasteiger partial charge in [-0.15, -0.1) is 24.8 Å². The molecule has 0 bridgehead atoms. The zero-order valence-corrected chi connectivity index (χ0v) is 23.3. The lowest BCUT2D eigenvalue weighted by Gasteiger charge is -2.37. The van der Waals surface area contributed by atoms with Gasteiger partial charge in [0.25, 0.3) is 0 Å². The zero-order valence-electron chi connectivity index (χ0n) is 21.7. The maximum absolute atomic E-state index is 12.5. The molecule has 0 unspecified atom stereocenters. The van der Waals surface area contributed by atoms with Gasteiger partial charge in [0, 0.05) is 63.5 Å². The molecule has 1 N–H and O–H groups in total. The normalized spacial score (nSPS) is 13.7. The third-order valence-corrected chi connectivity index (χ3v) is 6.67. The van der Waals surface area contributed by atoms with Gasteiger partial charge in [-0.1, -0.05) is 12.8 Å². The number of nitrogens with one attached hydrogen (secondary N) is 1. The predicted molar refractivity (Wildman–Crippen MR) is 151 cm³/mol. The van der Waals surface area contributed by atoms with Crippen molar-refractivity contribution in [1.82, 2.24) is 19.7 Å². The van der Waals surface area contributed by atoms with Crippen LogP contribution < -0.4 is 10.1 Å². The number of anilines is 1. The number of halogens is 2. The van der Waals surface area contributed by atoms with Crippen LogP contribution in [0.25, 0.3) is 10.9 Å². The molecule has 9 heteroatoms. The van der Waals surface area contributed by atoms with Crippen LogP contribution in [0.5, 0.6) is 5.75 Å². The average Bonchev–Trinajstić information content (AvgIpc) is 2.84. The largest absolute Gasteiger partial charge is 0.497 e. The van der Waals surface area contributed by atoms with Gasteiger partial charge in [-0.2, -0.15) is 0 Å². The van der Waals surface area contributed by atoms with Gasteiger partial charge in [-0.3, -0.25) is 9.88 Å². The summed E-state index contributed by atoms with van der Waals surface area (Å²) in [5.41, 5.74) is 3.26. The number of unbranched alkanes of at least 4 members (excludes halogenated alkanes) is 3. The van der Waals surface area contributed by atoms with Gasteiger partial charge in [0.05, 0.1) is 18.3 Å². The van der Waals surface area contributed by atoms with E-state index in [-0.39, 0.29) is 30.8 Å². The Morgan fingerprint density at radius 2 is 1.74 bits per heavy atom. The van der Waals surface area contributed by atoms with Crippen LogP contribution in [0.4, 0.5) is 10.5 Å². The number of carbonyl (C=O) groups excluding carboxylic acids is 1. The lowest BCUT2D eigenvalue weighted by molar-refractivity contribution is 0.114. The van der Waals surface area contributed by atoms with Crippen LogP contribution in [-0.2, 0) is 0 Å². The number of piperazine rings is 1. The Bertz CT molecular complexity index is 903. The number of methoxy groups -OCH3 is 1. The van der Waals surface area contributed by atoms with Gasteiger partial charge in [-0.05, 0) is 57.9 Å². The Morgan fingerprint density at radius 1 is 1.06 bits per heavy atom. The summed E-state index contributed by atoms with van der Waals surface area (Å²) in [5.74, 6) is 0.861. The summed E-state index contributed by atoms with van der Waals surface area (Å²) in [6.45, 7) is 13.5. The van der Waals surface area contributed by atoms with E-state index < -0.39 is 0 Å². The molecule has 3 rings (SSSR count). The van der Waals surface area contributed by atoms with Crippen molar-refractivity contribution in [2.24, 2.45) is 0 Å². The molecule has 2 amide bonds. The van der Waals surface area contributed by atoms with Crippen LogP contribution in [-0.4, -0.2) is 85.2 Å². The van der Waals surface area contributed by atoms with Crippen molar-refractivity contribution < 1.29 is 9.53 Å². The van der Waals surface area contributed by atoms with E-state index in [0.29, 0.717) is 0 Å². The highest BCUT2D eigenvalue weighted by molar-refractivity contribution is 5.93. The molecule has 0 atom stereocenters. The highest BCUT2D eigenvalue weighted by atomic mass is 35.5. The molecule has 0 aliphatic carbocycles. The van der Waals surface area contributed by atoms with Crippen molar-refractivity contribution in [2.75, 3.05) is 64.8 Å². The fourth-order valence-electron chi connectivity index (χ4n) is 4.51. The summed E-state index contributed by atoms with van der Waals surface area (Å²) in [6, 6.07) is 6.33. The first-order valence-electron chi connectivity index (χ1n) is 12.5. The van der Waals surface area contributed by atoms with Crippen LogP contribution in [0, 0.1) is 6.92 Å². The van der Waals surface area contributed by atoms with Crippen molar-refractivity contribution in [1.29, 1.82) is 0 Å². The number of benzene rings is 1. The SMILES string of the molecule is CCN(CC)C(=O)N1CCN(CCCCCCNc2cc(OC)cc3c(C)ccnc23)CC1.Cl.Cl. The Labute approximate surface area is 223 Å². The standard InChI is InChI=1S/C26H41N5O2.2ClH/c1-5-30(6-2)26(32)31-17-15-29(16-18-31)14-10-8-7-9-12-27-24-20-22(33-4)19-23-21(3)11-13-28-25(23)24;;/h11,13,19-20,27H,5-10,12,14-18H2,1-4H3;2*1H. The number of aryl methyl sites for hydroxylation is 1.